The van der Waals surface area contributed by atoms with Crippen LogP contribution in [0.15, 0.2) is 23.3 Å². The lowest BCUT2D eigenvalue weighted by Crippen LogP contribution is -2.51. The van der Waals surface area contributed by atoms with E-state index < -0.39 is 0 Å². The molecule has 8 aliphatic rings. The first-order valence-corrected chi connectivity index (χ1v) is 25.8. The third kappa shape index (κ3) is 7.90. The molecule has 57 heavy (non-hydrogen) atoms. The third-order valence-electron chi connectivity index (χ3n) is 21.1. The van der Waals surface area contributed by atoms with Gasteiger partial charge in [-0.3, -0.25) is 0 Å². The summed E-state index contributed by atoms with van der Waals surface area (Å²) in [5.74, 6) is 10.9. The minimum atomic E-state index is 0.338. The Morgan fingerprint density at radius 1 is 0.509 bits per heavy atom. The second-order valence-corrected chi connectivity index (χ2v) is 24.8. The van der Waals surface area contributed by atoms with Crippen LogP contribution in [0.25, 0.3) is 0 Å². The van der Waals surface area contributed by atoms with Gasteiger partial charge in [-0.15, -0.1) is 0 Å². The van der Waals surface area contributed by atoms with E-state index in [0.717, 1.165) is 83.9 Å². The van der Waals surface area contributed by atoms with Crippen molar-refractivity contribution in [3.63, 3.8) is 0 Å². The van der Waals surface area contributed by atoms with Crippen molar-refractivity contribution in [3.8, 4) is 0 Å². The first-order chi connectivity index (χ1) is 27.2. The van der Waals surface area contributed by atoms with Gasteiger partial charge in [-0.05, 0) is 195 Å². The Morgan fingerprint density at radius 3 is 1.33 bits per heavy atom. The van der Waals surface area contributed by atoms with Crippen LogP contribution in [0.2, 0.25) is 0 Å². The molecule has 0 amide bonds. The van der Waals surface area contributed by atoms with Crippen LogP contribution >= 0.6 is 0 Å². The van der Waals surface area contributed by atoms with E-state index in [9.17, 15) is 0 Å². The van der Waals surface area contributed by atoms with Crippen molar-refractivity contribution in [3.05, 3.63) is 23.3 Å². The van der Waals surface area contributed by atoms with Crippen LogP contribution in [-0.2, 0) is 9.47 Å². The van der Waals surface area contributed by atoms with E-state index in [1.165, 1.54) is 128 Å². The van der Waals surface area contributed by atoms with Gasteiger partial charge in [-0.1, -0.05) is 131 Å². The van der Waals surface area contributed by atoms with Crippen LogP contribution in [0.5, 0.6) is 0 Å². The molecule has 2 heteroatoms. The van der Waals surface area contributed by atoms with E-state index in [1.807, 2.05) is 0 Å². The Kier molecular flexibility index (Phi) is 12.8. The van der Waals surface area contributed by atoms with Gasteiger partial charge in [0.25, 0.3) is 0 Å². The number of fused-ring (bicyclic) bond motifs is 10. The number of allylic oxidation sites excluding steroid dienone is 2. The van der Waals surface area contributed by atoms with Crippen molar-refractivity contribution in [1.29, 1.82) is 0 Å². The Hall–Kier alpha value is -0.600. The standard InChI is InChI=1S/C55H92O2/c1-36(2)13-11-15-38(5)46-21-23-48-44-19-17-40-33-42(25-29-52(40,7)50(44)27-31-54(46,48)9)56-35-57-43-26-30-53(8)41(34-43)18-20-45-49-24-22-47(39(6)16-12-14-37(3)4)55(49,10)32-28-51(45)53/h17-18,36-39,42-51H,11-16,19-35H2,1-10H3/t38-,39-,42+,43+,44+,45+,46-,47-,48+,49+,50+,51+,52+,53+,54-,55-/m1/s1. The van der Waals surface area contributed by atoms with Gasteiger partial charge in [-0.2, -0.15) is 0 Å². The van der Waals surface area contributed by atoms with Crippen LogP contribution in [0, 0.1) is 92.7 Å². The summed E-state index contributed by atoms with van der Waals surface area (Å²) in [7, 11) is 0. The molecule has 324 valence electrons. The molecule has 0 radical (unpaired) electrons. The smallest absolute Gasteiger partial charge is 0.147 e. The maximum Gasteiger partial charge on any atom is 0.147 e. The molecule has 0 aliphatic heterocycles. The molecule has 0 aromatic heterocycles. The van der Waals surface area contributed by atoms with Gasteiger partial charge in [0.2, 0.25) is 0 Å². The number of rotatable bonds is 14. The highest BCUT2D eigenvalue weighted by Gasteiger charge is 2.61. The number of hydrogen-bond acceptors (Lipinski definition) is 2. The van der Waals surface area contributed by atoms with E-state index in [4.69, 9.17) is 9.47 Å². The highest BCUT2D eigenvalue weighted by molar-refractivity contribution is 5.27. The van der Waals surface area contributed by atoms with Crippen molar-refractivity contribution >= 4 is 0 Å². The van der Waals surface area contributed by atoms with Gasteiger partial charge in [-0.25, -0.2) is 0 Å². The van der Waals surface area contributed by atoms with Crippen molar-refractivity contribution in [2.45, 2.75) is 223 Å². The van der Waals surface area contributed by atoms with Crippen molar-refractivity contribution in [1.82, 2.24) is 0 Å². The zero-order chi connectivity index (χ0) is 40.3. The first-order valence-electron chi connectivity index (χ1n) is 25.8. The van der Waals surface area contributed by atoms with E-state index in [1.54, 1.807) is 11.1 Å². The highest BCUT2D eigenvalue weighted by Crippen LogP contribution is 2.69. The fourth-order valence-corrected chi connectivity index (χ4v) is 17.8. The highest BCUT2D eigenvalue weighted by atomic mass is 16.7. The fourth-order valence-electron chi connectivity index (χ4n) is 17.8. The average Bonchev–Trinajstić information content (AvgIpc) is 3.71. The first kappa shape index (κ1) is 43.1. The molecule has 0 unspecified atom stereocenters. The molecule has 8 aliphatic carbocycles. The predicted molar refractivity (Wildman–Crippen MR) is 241 cm³/mol. The van der Waals surface area contributed by atoms with Gasteiger partial charge < -0.3 is 9.47 Å². The molecule has 2 nitrogen and oxygen atoms in total. The molecular formula is C55H92O2. The zero-order valence-corrected chi connectivity index (χ0v) is 39.3. The molecule has 0 saturated heterocycles. The minimum absolute atomic E-state index is 0.338. The monoisotopic (exact) mass is 785 g/mol. The SMILES string of the molecule is CC(C)CCC[C@@H](C)[C@H]1CC[C@H]2[C@@H]3CC=C4C[C@@H](OCO[C@H]5CC[C@@]6(C)C(=CC[C@H]7[C@@H]8CC[C@H]([C@H](C)CCCC(C)C)[C@@]8(C)CC[C@@H]76)C5)CC[C@]4(C)[C@H]3CC[C@]12C. The van der Waals surface area contributed by atoms with Crippen LogP contribution in [0.4, 0.5) is 0 Å². The Labute approximate surface area is 353 Å². The van der Waals surface area contributed by atoms with Crippen molar-refractivity contribution in [2.75, 3.05) is 6.79 Å². The van der Waals surface area contributed by atoms with Crippen molar-refractivity contribution in [2.24, 2.45) is 92.7 Å². The van der Waals surface area contributed by atoms with Gasteiger partial charge in [0.05, 0.1) is 12.2 Å². The summed E-state index contributed by atoms with van der Waals surface area (Å²) in [6.45, 7) is 26.2. The molecule has 8 rings (SSSR count). The summed E-state index contributed by atoms with van der Waals surface area (Å²) in [6, 6.07) is 0. The van der Waals surface area contributed by atoms with Gasteiger partial charge in [0.15, 0.2) is 0 Å². The Morgan fingerprint density at radius 2 is 0.930 bits per heavy atom. The van der Waals surface area contributed by atoms with Crippen LogP contribution in [0.1, 0.15) is 210 Å². The number of ether oxygens (including phenoxy) is 2. The van der Waals surface area contributed by atoms with Crippen LogP contribution in [0.3, 0.4) is 0 Å². The predicted octanol–water partition coefficient (Wildman–Crippen LogP) is 15.8. The molecule has 6 fully saturated rings. The van der Waals surface area contributed by atoms with E-state index >= 15 is 0 Å². The lowest BCUT2D eigenvalue weighted by molar-refractivity contribution is -0.141. The molecule has 0 N–H and O–H groups in total. The Balaban J connectivity index is 0.819. The summed E-state index contributed by atoms with van der Waals surface area (Å²) in [4.78, 5) is 0. The quantitative estimate of drug-likeness (QED) is 0.129. The summed E-state index contributed by atoms with van der Waals surface area (Å²) in [5.41, 5.74) is 5.46. The van der Waals surface area contributed by atoms with E-state index in [-0.39, 0.29) is 0 Å². The molecule has 0 aromatic rings. The molecule has 0 bridgehead atoms. The maximum atomic E-state index is 6.68. The molecule has 0 aromatic carbocycles. The lowest BCUT2D eigenvalue weighted by atomic mass is 9.47. The van der Waals surface area contributed by atoms with Gasteiger partial charge in [0.1, 0.15) is 6.79 Å². The maximum absolute atomic E-state index is 6.68. The second kappa shape index (κ2) is 16.9. The molecule has 6 saturated carbocycles. The number of hydrogen-bond donors (Lipinski definition) is 0. The summed E-state index contributed by atoms with van der Waals surface area (Å²) in [5, 5.41) is 0. The summed E-state index contributed by atoms with van der Waals surface area (Å²) >= 11 is 0. The normalized spacial score (nSPS) is 46.2. The average molecular weight is 785 g/mol. The molecular weight excluding hydrogens is 693 g/mol. The van der Waals surface area contributed by atoms with Crippen molar-refractivity contribution < 1.29 is 9.47 Å². The lowest BCUT2D eigenvalue weighted by Gasteiger charge is -2.58. The largest absolute Gasteiger partial charge is 0.352 e. The summed E-state index contributed by atoms with van der Waals surface area (Å²) in [6.07, 6.45) is 36.6. The van der Waals surface area contributed by atoms with Crippen LogP contribution < -0.4 is 0 Å². The van der Waals surface area contributed by atoms with E-state index in [0.29, 0.717) is 40.7 Å². The van der Waals surface area contributed by atoms with Gasteiger partial charge >= 0.3 is 0 Å². The third-order valence-corrected chi connectivity index (χ3v) is 21.1. The Bertz CT molecular complexity index is 1330. The molecule has 0 heterocycles. The molecule has 0 spiro atoms. The van der Waals surface area contributed by atoms with Crippen LogP contribution in [-0.4, -0.2) is 19.0 Å². The topological polar surface area (TPSA) is 18.5 Å². The second-order valence-electron chi connectivity index (χ2n) is 24.8. The summed E-state index contributed by atoms with van der Waals surface area (Å²) < 4.78 is 13.4. The van der Waals surface area contributed by atoms with Gasteiger partial charge in [0, 0.05) is 0 Å². The fraction of sp³-hybridized carbons (Fsp3) is 0.927. The molecule has 16 atom stereocenters. The minimum Gasteiger partial charge on any atom is -0.352 e. The zero-order valence-electron chi connectivity index (χ0n) is 39.3. The van der Waals surface area contributed by atoms with E-state index in [2.05, 4.69) is 81.4 Å².